The second-order valence-electron chi connectivity index (χ2n) is 7.85. The Morgan fingerprint density at radius 2 is 1.94 bits per heavy atom. The average molecular weight is 479 g/mol. The predicted molar refractivity (Wildman–Crippen MR) is 121 cm³/mol. The summed E-state index contributed by atoms with van der Waals surface area (Å²) >= 11 is 1.53. The van der Waals surface area contributed by atoms with Crippen molar-refractivity contribution in [1.82, 2.24) is 30.0 Å². The van der Waals surface area contributed by atoms with E-state index in [1.54, 1.807) is 0 Å². The SMILES string of the molecule is O=S1(=O)CCN(CCCN2CCc3sc(Nc4ncc(F)cn4)nc3-c3c[nH]nc32)CC1. The lowest BCUT2D eigenvalue weighted by molar-refractivity contribution is 0.292. The highest BCUT2D eigenvalue weighted by atomic mass is 32.2. The van der Waals surface area contributed by atoms with E-state index in [1.807, 2.05) is 6.20 Å². The Morgan fingerprint density at radius 1 is 1.16 bits per heavy atom. The Morgan fingerprint density at radius 3 is 2.72 bits per heavy atom. The Bertz CT molecular complexity index is 1180. The molecule has 5 rings (SSSR count). The topological polar surface area (TPSA) is 120 Å². The zero-order valence-corrected chi connectivity index (χ0v) is 18.9. The first kappa shape index (κ1) is 21.2. The second-order valence-corrected chi connectivity index (χ2v) is 11.2. The van der Waals surface area contributed by atoms with Crippen LogP contribution in [-0.4, -0.2) is 82.7 Å². The summed E-state index contributed by atoms with van der Waals surface area (Å²) in [6.45, 7) is 3.76. The third-order valence-electron chi connectivity index (χ3n) is 5.66. The third kappa shape index (κ3) is 4.59. The highest BCUT2D eigenvalue weighted by Crippen LogP contribution is 2.39. The summed E-state index contributed by atoms with van der Waals surface area (Å²) in [6.07, 6.45) is 5.85. The predicted octanol–water partition coefficient (Wildman–Crippen LogP) is 1.69. The van der Waals surface area contributed by atoms with Crippen LogP contribution in [-0.2, 0) is 16.3 Å². The molecule has 0 unspecified atom stereocenters. The number of fused-ring (bicyclic) bond motifs is 3. The minimum absolute atomic E-state index is 0.255. The summed E-state index contributed by atoms with van der Waals surface area (Å²) in [5.41, 5.74) is 1.83. The lowest BCUT2D eigenvalue weighted by Crippen LogP contribution is -2.41. The lowest BCUT2D eigenvalue weighted by Gasteiger charge is -2.28. The fourth-order valence-electron chi connectivity index (χ4n) is 3.97. The van der Waals surface area contributed by atoms with Crippen molar-refractivity contribution in [3.05, 3.63) is 29.3 Å². The van der Waals surface area contributed by atoms with Crippen LogP contribution in [0.2, 0.25) is 0 Å². The van der Waals surface area contributed by atoms with Gasteiger partial charge >= 0.3 is 0 Å². The maximum atomic E-state index is 13.0. The van der Waals surface area contributed by atoms with E-state index >= 15 is 0 Å². The molecule has 0 amide bonds. The molecule has 10 nitrogen and oxygen atoms in total. The van der Waals surface area contributed by atoms with Crippen molar-refractivity contribution in [3.63, 3.8) is 0 Å². The fourth-order valence-corrected chi connectivity index (χ4v) is 6.21. The maximum absolute atomic E-state index is 13.0. The van der Waals surface area contributed by atoms with Crippen LogP contribution in [0.5, 0.6) is 0 Å². The van der Waals surface area contributed by atoms with Crippen LogP contribution in [0.1, 0.15) is 11.3 Å². The summed E-state index contributed by atoms with van der Waals surface area (Å²) in [5.74, 6) is 1.20. The number of aromatic nitrogens is 5. The van der Waals surface area contributed by atoms with Gasteiger partial charge in [-0.3, -0.25) is 5.10 Å². The molecule has 0 radical (unpaired) electrons. The van der Waals surface area contributed by atoms with E-state index in [1.165, 1.54) is 11.3 Å². The van der Waals surface area contributed by atoms with E-state index < -0.39 is 15.7 Å². The molecule has 2 aliphatic heterocycles. The number of nitrogens with one attached hydrogen (secondary N) is 2. The molecule has 0 spiro atoms. The van der Waals surface area contributed by atoms with Gasteiger partial charge in [-0.2, -0.15) is 5.10 Å². The highest BCUT2D eigenvalue weighted by molar-refractivity contribution is 7.91. The average Bonchev–Trinajstić information content (AvgIpc) is 3.38. The summed E-state index contributed by atoms with van der Waals surface area (Å²) in [4.78, 5) is 18.2. The van der Waals surface area contributed by atoms with Gasteiger partial charge in [0.15, 0.2) is 26.6 Å². The number of H-pyrrole nitrogens is 1. The maximum Gasteiger partial charge on any atom is 0.229 e. The monoisotopic (exact) mass is 478 g/mol. The van der Waals surface area contributed by atoms with Crippen molar-refractivity contribution in [2.45, 2.75) is 12.8 Å². The quantitative estimate of drug-likeness (QED) is 0.545. The third-order valence-corrected chi connectivity index (χ3v) is 8.30. The van der Waals surface area contributed by atoms with Crippen molar-refractivity contribution in [3.8, 4) is 11.3 Å². The standard InChI is InChI=1S/C19H23FN8O2S2/c20-13-10-21-18(22-11-13)25-19-24-16-14-12-23-26-17(14)28(5-2-15(16)31-19)4-1-3-27-6-8-32(29,30)9-7-27/h10-12H,1-9H2,(H,23,26)(H,21,22,24,25). The number of hydrogen-bond acceptors (Lipinski definition) is 10. The molecule has 0 aliphatic carbocycles. The minimum atomic E-state index is -2.85. The minimum Gasteiger partial charge on any atom is -0.354 e. The molecule has 2 aliphatic rings. The Balaban J connectivity index is 1.25. The van der Waals surface area contributed by atoms with Gasteiger partial charge in [0.1, 0.15) is 0 Å². The van der Waals surface area contributed by atoms with Gasteiger partial charge in [0.2, 0.25) is 5.95 Å². The van der Waals surface area contributed by atoms with Gasteiger partial charge < -0.3 is 15.1 Å². The van der Waals surface area contributed by atoms with Crippen LogP contribution in [0.3, 0.4) is 0 Å². The van der Waals surface area contributed by atoms with Crippen LogP contribution in [0.4, 0.5) is 21.3 Å². The van der Waals surface area contributed by atoms with Gasteiger partial charge in [0.05, 0.1) is 35.2 Å². The molecule has 0 saturated carbocycles. The van der Waals surface area contributed by atoms with Crippen LogP contribution in [0.15, 0.2) is 18.6 Å². The van der Waals surface area contributed by atoms with E-state index in [4.69, 9.17) is 4.98 Å². The molecule has 5 heterocycles. The van der Waals surface area contributed by atoms with Gasteiger partial charge in [-0.15, -0.1) is 11.3 Å². The summed E-state index contributed by atoms with van der Waals surface area (Å²) < 4.78 is 36.3. The largest absolute Gasteiger partial charge is 0.354 e. The molecule has 0 aromatic carbocycles. The number of hydrogen-bond donors (Lipinski definition) is 2. The Hall–Kier alpha value is -2.64. The molecule has 170 valence electrons. The Labute approximate surface area is 188 Å². The number of nitrogens with zero attached hydrogens (tertiary/aromatic N) is 6. The summed E-state index contributed by atoms with van der Waals surface area (Å²) in [7, 11) is -2.85. The zero-order valence-electron chi connectivity index (χ0n) is 17.3. The molecular formula is C19H23FN8O2S2. The van der Waals surface area contributed by atoms with Crippen LogP contribution in [0, 0.1) is 5.82 Å². The molecule has 0 bridgehead atoms. The molecule has 13 heteroatoms. The highest BCUT2D eigenvalue weighted by Gasteiger charge is 2.26. The van der Waals surface area contributed by atoms with Crippen molar-refractivity contribution in [1.29, 1.82) is 0 Å². The van der Waals surface area contributed by atoms with Gasteiger partial charge in [-0.25, -0.2) is 27.8 Å². The number of rotatable bonds is 6. The lowest BCUT2D eigenvalue weighted by atomic mass is 10.2. The van der Waals surface area contributed by atoms with E-state index in [0.717, 1.165) is 66.8 Å². The fraction of sp³-hybridized carbons (Fsp3) is 0.474. The van der Waals surface area contributed by atoms with E-state index in [2.05, 4.69) is 35.3 Å². The van der Waals surface area contributed by atoms with Crippen molar-refractivity contribution < 1.29 is 12.8 Å². The van der Waals surface area contributed by atoms with Gasteiger partial charge in [0, 0.05) is 43.7 Å². The number of halogens is 1. The molecule has 3 aromatic rings. The molecule has 1 fully saturated rings. The van der Waals surface area contributed by atoms with Gasteiger partial charge in [-0.1, -0.05) is 0 Å². The van der Waals surface area contributed by atoms with E-state index in [9.17, 15) is 12.8 Å². The number of anilines is 3. The number of sulfone groups is 1. The number of aromatic amines is 1. The normalized spacial score (nSPS) is 18.1. The first-order valence-corrected chi connectivity index (χ1v) is 13.1. The molecule has 0 atom stereocenters. The zero-order chi connectivity index (χ0) is 22.1. The van der Waals surface area contributed by atoms with Crippen molar-refractivity contribution >= 4 is 38.1 Å². The molecule has 32 heavy (non-hydrogen) atoms. The van der Waals surface area contributed by atoms with Crippen LogP contribution < -0.4 is 10.2 Å². The first-order chi connectivity index (χ1) is 15.5. The number of thiazole rings is 1. The van der Waals surface area contributed by atoms with Crippen LogP contribution >= 0.6 is 11.3 Å². The van der Waals surface area contributed by atoms with Crippen LogP contribution in [0.25, 0.3) is 11.3 Å². The molecule has 2 N–H and O–H groups in total. The smallest absolute Gasteiger partial charge is 0.229 e. The van der Waals surface area contributed by atoms with Gasteiger partial charge in [0.25, 0.3) is 0 Å². The van der Waals surface area contributed by atoms with E-state index in [-0.39, 0.29) is 11.5 Å². The summed E-state index contributed by atoms with van der Waals surface area (Å²) in [5, 5.41) is 11.1. The first-order valence-electron chi connectivity index (χ1n) is 10.4. The van der Waals surface area contributed by atoms with Gasteiger partial charge in [-0.05, 0) is 13.0 Å². The second kappa shape index (κ2) is 8.71. The molecular weight excluding hydrogens is 455 g/mol. The summed E-state index contributed by atoms with van der Waals surface area (Å²) in [6, 6.07) is 0. The Kier molecular flexibility index (Phi) is 5.78. The molecule has 1 saturated heterocycles. The molecule has 3 aromatic heterocycles. The van der Waals surface area contributed by atoms with Crippen molar-refractivity contribution in [2.75, 3.05) is 54.4 Å². The van der Waals surface area contributed by atoms with E-state index in [0.29, 0.717) is 24.2 Å². The van der Waals surface area contributed by atoms with Crippen molar-refractivity contribution in [2.24, 2.45) is 0 Å².